The monoisotopic (exact) mass is 373 g/mol. The zero-order chi connectivity index (χ0) is 19.5. The zero-order valence-electron chi connectivity index (χ0n) is 15.2. The lowest BCUT2D eigenvalue weighted by molar-refractivity contribution is 0.0647. The Bertz CT molecular complexity index is 996. The lowest BCUT2D eigenvalue weighted by Gasteiger charge is -2.15. The highest BCUT2D eigenvalue weighted by atomic mass is 16.5. The molecule has 0 saturated carbocycles. The van der Waals surface area contributed by atoms with Gasteiger partial charge in [0, 0.05) is 12.1 Å². The van der Waals surface area contributed by atoms with E-state index < -0.39 is 0 Å². The van der Waals surface area contributed by atoms with E-state index >= 15 is 0 Å². The van der Waals surface area contributed by atoms with E-state index in [0.717, 1.165) is 11.3 Å². The number of benzene rings is 2. The zero-order valence-corrected chi connectivity index (χ0v) is 15.2. The minimum atomic E-state index is -0.243. The van der Waals surface area contributed by atoms with E-state index in [0.29, 0.717) is 42.1 Å². The lowest BCUT2D eigenvalue weighted by Crippen LogP contribution is -2.31. The van der Waals surface area contributed by atoms with Crippen LogP contribution in [0.1, 0.15) is 27.1 Å². The molecule has 0 spiro atoms. The van der Waals surface area contributed by atoms with Gasteiger partial charge in [0.2, 0.25) is 0 Å². The molecule has 6 nitrogen and oxygen atoms in total. The molecule has 0 unspecified atom stereocenters. The topological polar surface area (TPSA) is 85.5 Å². The van der Waals surface area contributed by atoms with Gasteiger partial charge in [0.15, 0.2) is 0 Å². The Morgan fingerprint density at radius 2 is 1.50 bits per heavy atom. The fourth-order valence-electron chi connectivity index (χ4n) is 3.22. The molecule has 0 radical (unpaired) electrons. The molecule has 0 fully saturated rings. The molecule has 1 aliphatic heterocycles. The Hall–Kier alpha value is -3.67. The van der Waals surface area contributed by atoms with Crippen LogP contribution >= 0.6 is 0 Å². The van der Waals surface area contributed by atoms with Crippen LogP contribution in [0.25, 0.3) is 11.3 Å². The Kier molecular flexibility index (Phi) is 4.76. The molecular formula is C22H19N3O3. The third kappa shape index (κ3) is 3.32. The number of carbonyl (C=O) groups excluding carboxylic acids is 2. The van der Waals surface area contributed by atoms with Crippen molar-refractivity contribution in [2.75, 3.05) is 18.9 Å². The van der Waals surface area contributed by atoms with Gasteiger partial charge in [-0.1, -0.05) is 24.3 Å². The summed E-state index contributed by atoms with van der Waals surface area (Å²) in [5, 5.41) is 0. The molecule has 2 heterocycles. The van der Waals surface area contributed by atoms with Gasteiger partial charge in [0.05, 0.1) is 35.3 Å². The fourth-order valence-corrected chi connectivity index (χ4v) is 3.22. The summed E-state index contributed by atoms with van der Waals surface area (Å²) in [5.41, 5.74) is 8.87. The van der Waals surface area contributed by atoms with Crippen molar-refractivity contribution in [3.8, 4) is 17.0 Å². The maximum atomic E-state index is 12.4. The number of hydrogen-bond donors (Lipinski definition) is 1. The summed E-state index contributed by atoms with van der Waals surface area (Å²) in [5.74, 6) is 0.210. The van der Waals surface area contributed by atoms with Crippen molar-refractivity contribution in [2.24, 2.45) is 0 Å². The molecule has 2 aromatic carbocycles. The summed E-state index contributed by atoms with van der Waals surface area (Å²) >= 11 is 0. The molecule has 6 heteroatoms. The number of rotatable bonds is 6. The van der Waals surface area contributed by atoms with E-state index in [-0.39, 0.29) is 11.8 Å². The van der Waals surface area contributed by atoms with Gasteiger partial charge in [0.1, 0.15) is 5.75 Å². The van der Waals surface area contributed by atoms with Crippen LogP contribution in [-0.4, -0.2) is 34.8 Å². The molecule has 0 bridgehead atoms. The van der Waals surface area contributed by atoms with E-state index in [1.54, 1.807) is 36.5 Å². The van der Waals surface area contributed by atoms with Crippen molar-refractivity contribution in [2.45, 2.75) is 6.42 Å². The molecule has 3 aromatic rings. The maximum absolute atomic E-state index is 12.4. The number of fused-ring (bicyclic) bond motifs is 1. The minimum absolute atomic E-state index is 0.243. The highest BCUT2D eigenvalue weighted by Crippen LogP contribution is 2.29. The second kappa shape index (κ2) is 7.52. The number of amides is 2. The second-order valence-electron chi connectivity index (χ2n) is 6.48. The highest BCUT2D eigenvalue weighted by Gasteiger charge is 2.34. The fraction of sp³-hybridized carbons (Fsp3) is 0.136. The Morgan fingerprint density at radius 1 is 0.857 bits per heavy atom. The SMILES string of the molecule is Nc1ccc(-c2ccccc2OCCCN2C(=O)c3ccccc3C2=O)nc1. The summed E-state index contributed by atoms with van der Waals surface area (Å²) < 4.78 is 5.91. The molecule has 0 saturated heterocycles. The summed E-state index contributed by atoms with van der Waals surface area (Å²) in [4.78, 5) is 30.4. The Labute approximate surface area is 162 Å². The average molecular weight is 373 g/mol. The average Bonchev–Trinajstić information content (AvgIpc) is 2.97. The molecule has 1 aliphatic rings. The van der Waals surface area contributed by atoms with Crippen LogP contribution in [0.5, 0.6) is 5.75 Å². The summed E-state index contributed by atoms with van der Waals surface area (Å²) in [6.45, 7) is 0.689. The Morgan fingerprint density at radius 3 is 2.14 bits per heavy atom. The van der Waals surface area contributed by atoms with E-state index in [1.807, 2.05) is 30.3 Å². The number of nitrogen functional groups attached to an aromatic ring is 1. The van der Waals surface area contributed by atoms with Gasteiger partial charge in [-0.3, -0.25) is 19.5 Å². The van der Waals surface area contributed by atoms with E-state index in [9.17, 15) is 9.59 Å². The van der Waals surface area contributed by atoms with Crippen molar-refractivity contribution >= 4 is 17.5 Å². The normalized spacial score (nSPS) is 12.9. The maximum Gasteiger partial charge on any atom is 0.261 e. The van der Waals surface area contributed by atoms with Crippen LogP contribution < -0.4 is 10.5 Å². The smallest absolute Gasteiger partial charge is 0.261 e. The van der Waals surface area contributed by atoms with Crippen molar-refractivity contribution in [1.29, 1.82) is 0 Å². The highest BCUT2D eigenvalue weighted by molar-refractivity contribution is 6.21. The van der Waals surface area contributed by atoms with Gasteiger partial charge in [-0.15, -0.1) is 0 Å². The number of aromatic nitrogens is 1. The van der Waals surface area contributed by atoms with Crippen LogP contribution in [0, 0.1) is 0 Å². The molecule has 0 atom stereocenters. The lowest BCUT2D eigenvalue weighted by atomic mass is 10.1. The van der Waals surface area contributed by atoms with Crippen LogP contribution in [0.4, 0.5) is 5.69 Å². The standard InChI is InChI=1S/C22H19N3O3/c23-15-10-11-19(24-14-15)18-8-3-4-9-20(18)28-13-5-12-25-21(26)16-6-1-2-7-17(16)22(25)27/h1-4,6-11,14H,5,12-13,23H2. The number of pyridine rings is 1. The first-order valence-electron chi connectivity index (χ1n) is 9.04. The van der Waals surface area contributed by atoms with Gasteiger partial charge >= 0.3 is 0 Å². The number of nitrogens with two attached hydrogens (primary N) is 1. The molecule has 4 rings (SSSR count). The number of ether oxygens (including phenoxy) is 1. The first kappa shape index (κ1) is 17.7. The minimum Gasteiger partial charge on any atom is -0.493 e. The molecule has 1 aromatic heterocycles. The van der Waals surface area contributed by atoms with Crippen molar-refractivity contribution in [3.63, 3.8) is 0 Å². The molecular weight excluding hydrogens is 354 g/mol. The number of anilines is 1. The van der Waals surface area contributed by atoms with Gasteiger partial charge in [-0.25, -0.2) is 0 Å². The predicted octanol–water partition coefficient (Wildman–Crippen LogP) is 3.40. The summed E-state index contributed by atoms with van der Waals surface area (Å²) in [6.07, 6.45) is 2.14. The molecule has 2 amide bonds. The first-order chi connectivity index (χ1) is 13.6. The molecule has 140 valence electrons. The summed E-state index contributed by atoms with van der Waals surface area (Å²) in [6, 6.07) is 18.1. The van der Waals surface area contributed by atoms with Crippen molar-refractivity contribution < 1.29 is 14.3 Å². The van der Waals surface area contributed by atoms with Crippen LogP contribution in [0.3, 0.4) is 0 Å². The van der Waals surface area contributed by atoms with Gasteiger partial charge < -0.3 is 10.5 Å². The second-order valence-corrected chi connectivity index (χ2v) is 6.48. The number of hydrogen-bond acceptors (Lipinski definition) is 5. The van der Waals surface area contributed by atoms with Gasteiger partial charge in [-0.2, -0.15) is 0 Å². The van der Waals surface area contributed by atoms with Gasteiger partial charge in [0.25, 0.3) is 11.8 Å². The predicted molar refractivity (Wildman–Crippen MR) is 106 cm³/mol. The number of imide groups is 1. The third-order valence-corrected chi connectivity index (χ3v) is 4.61. The molecule has 28 heavy (non-hydrogen) atoms. The molecule has 0 aliphatic carbocycles. The van der Waals surface area contributed by atoms with E-state index in [1.165, 1.54) is 4.90 Å². The van der Waals surface area contributed by atoms with Crippen molar-refractivity contribution in [1.82, 2.24) is 9.88 Å². The number of para-hydroxylation sites is 1. The number of carbonyl (C=O) groups is 2. The van der Waals surface area contributed by atoms with Crippen LogP contribution in [-0.2, 0) is 0 Å². The number of nitrogens with zero attached hydrogens (tertiary/aromatic N) is 2. The van der Waals surface area contributed by atoms with Crippen LogP contribution in [0.2, 0.25) is 0 Å². The van der Waals surface area contributed by atoms with E-state index in [4.69, 9.17) is 10.5 Å². The first-order valence-corrected chi connectivity index (χ1v) is 9.04. The third-order valence-electron chi connectivity index (χ3n) is 4.61. The Balaban J connectivity index is 1.39. The van der Waals surface area contributed by atoms with Crippen molar-refractivity contribution in [3.05, 3.63) is 78.0 Å². The van der Waals surface area contributed by atoms with Gasteiger partial charge in [-0.05, 0) is 42.8 Å². The molecule has 2 N–H and O–H groups in total. The van der Waals surface area contributed by atoms with Crippen LogP contribution in [0.15, 0.2) is 66.9 Å². The summed E-state index contributed by atoms with van der Waals surface area (Å²) in [7, 11) is 0. The van der Waals surface area contributed by atoms with E-state index in [2.05, 4.69) is 4.98 Å². The quantitative estimate of drug-likeness (QED) is 0.529. The largest absolute Gasteiger partial charge is 0.493 e.